The normalized spacial score (nSPS) is 19.6. The van der Waals surface area contributed by atoms with Crippen LogP contribution in [0, 0.1) is 0 Å². The molecular weight excluding hydrogens is 663 g/mol. The summed E-state index contributed by atoms with van der Waals surface area (Å²) in [5.74, 6) is 0.819. The van der Waals surface area contributed by atoms with Crippen molar-refractivity contribution in [3.8, 4) is 0 Å². The van der Waals surface area contributed by atoms with Crippen molar-refractivity contribution in [1.29, 1.82) is 0 Å². The van der Waals surface area contributed by atoms with Gasteiger partial charge in [-0.05, 0) is 114 Å². The largest absolute Gasteiger partial charge is 1.00 e. The molecule has 1 unspecified atom stereocenters. The topological polar surface area (TPSA) is 44.8 Å². The first kappa shape index (κ1) is 44.6. The molecule has 3 saturated carbocycles. The molecule has 4 nitrogen and oxygen atoms in total. The summed E-state index contributed by atoms with van der Waals surface area (Å²) in [7, 11) is -1.65. The summed E-state index contributed by atoms with van der Waals surface area (Å²) >= 11 is 0. The average Bonchev–Trinajstić information content (AvgIpc) is 3.15. The zero-order valence-corrected chi connectivity index (χ0v) is 35.3. The van der Waals surface area contributed by atoms with Crippen molar-refractivity contribution in [2.45, 2.75) is 223 Å². The lowest BCUT2D eigenvalue weighted by molar-refractivity contribution is -0.140. The van der Waals surface area contributed by atoms with E-state index in [0.29, 0.717) is 6.42 Å². The van der Waals surface area contributed by atoms with Crippen LogP contribution < -0.4 is 12.4 Å². The fourth-order valence-electron chi connectivity index (χ4n) is 9.70. The first-order valence-electron chi connectivity index (χ1n) is 21.1. The van der Waals surface area contributed by atoms with E-state index in [4.69, 9.17) is 13.9 Å². The molecule has 7 heteroatoms. The van der Waals surface area contributed by atoms with Crippen molar-refractivity contribution in [1.82, 2.24) is 0 Å². The molecule has 0 aliphatic heterocycles. The van der Waals surface area contributed by atoms with Gasteiger partial charge in [0.05, 0.1) is 30.2 Å². The fraction of sp³-hybridized carbons (Fsp3) is 0.881. The number of methoxy groups -OCH3 is 1. The van der Waals surface area contributed by atoms with Gasteiger partial charge < -0.3 is 26.3 Å². The van der Waals surface area contributed by atoms with Crippen LogP contribution >= 0.6 is 7.26 Å². The second kappa shape index (κ2) is 25.5. The zero-order valence-electron chi connectivity index (χ0n) is 32.6. The van der Waals surface area contributed by atoms with E-state index in [9.17, 15) is 4.79 Å². The highest BCUT2D eigenvalue weighted by molar-refractivity contribution is 7.78. The number of allylic oxidation sites excluding steroid dienone is 1. The number of unbranched alkanes of at least 4 members (excludes halogenated alkanes) is 7. The SMILES string of the molecule is C=CC(CCCCCCCCCCC(=O)OC)O/C(=C/C[P+](C1CCCCC1)(C1CCCCC1)C1CCCCC1)O[Si](CC)(CC)CC.[Cl-]. The van der Waals surface area contributed by atoms with E-state index in [0.717, 1.165) is 60.3 Å². The quantitative estimate of drug-likeness (QED) is 0.0247. The minimum absolute atomic E-state index is 0. The summed E-state index contributed by atoms with van der Waals surface area (Å²) in [6.07, 6.45) is 39.1. The molecule has 3 rings (SSSR count). The van der Waals surface area contributed by atoms with E-state index >= 15 is 0 Å². The van der Waals surface area contributed by atoms with Gasteiger partial charge >= 0.3 is 5.97 Å². The van der Waals surface area contributed by atoms with E-state index < -0.39 is 15.6 Å². The number of rotatable bonds is 24. The first-order valence-corrected chi connectivity index (χ1v) is 25.8. The van der Waals surface area contributed by atoms with Crippen molar-refractivity contribution < 1.29 is 31.1 Å². The van der Waals surface area contributed by atoms with Crippen molar-refractivity contribution in [2.75, 3.05) is 13.3 Å². The minimum atomic E-state index is -1.89. The molecule has 0 amide bonds. The number of hydrogen-bond donors (Lipinski definition) is 0. The number of carbonyl (C=O) groups excluding carboxylic acids is 1. The van der Waals surface area contributed by atoms with Gasteiger partial charge in [-0.15, -0.1) is 0 Å². The molecule has 0 spiro atoms. The number of carbonyl (C=O) groups is 1. The van der Waals surface area contributed by atoms with Crippen LogP contribution in [0.3, 0.4) is 0 Å². The van der Waals surface area contributed by atoms with Crippen LogP contribution in [0.5, 0.6) is 0 Å². The third-order valence-electron chi connectivity index (χ3n) is 13.0. The summed E-state index contributed by atoms with van der Waals surface area (Å²) in [5.41, 5.74) is 2.93. The molecule has 286 valence electrons. The molecular formula is C42H78ClO4PSi. The van der Waals surface area contributed by atoms with Crippen LogP contribution in [0.2, 0.25) is 18.1 Å². The van der Waals surface area contributed by atoms with E-state index in [1.807, 2.05) is 0 Å². The van der Waals surface area contributed by atoms with Crippen molar-refractivity contribution in [2.24, 2.45) is 0 Å². The van der Waals surface area contributed by atoms with Crippen molar-refractivity contribution >= 4 is 21.5 Å². The predicted octanol–water partition coefficient (Wildman–Crippen LogP) is 10.5. The molecule has 0 aromatic carbocycles. The summed E-state index contributed by atoms with van der Waals surface area (Å²) in [6.45, 7) is 11.3. The maximum atomic E-state index is 11.3. The lowest BCUT2D eigenvalue weighted by Crippen LogP contribution is -3.00. The maximum absolute atomic E-state index is 11.3. The Bertz CT molecular complexity index is 853. The first-order chi connectivity index (χ1) is 23.5. The Labute approximate surface area is 312 Å². The third-order valence-corrected chi connectivity index (χ3v) is 23.9. The molecule has 1 atom stereocenters. The molecule has 0 bridgehead atoms. The van der Waals surface area contributed by atoms with Crippen LogP contribution in [0.4, 0.5) is 0 Å². The number of esters is 1. The van der Waals surface area contributed by atoms with Crippen molar-refractivity contribution in [3.63, 3.8) is 0 Å². The Kier molecular flexibility index (Phi) is 23.2. The molecule has 0 N–H and O–H groups in total. The lowest BCUT2D eigenvalue weighted by Gasteiger charge is -2.48. The standard InChI is InChI=1S/C42H78O4PSi.ClH/c1-6-37(27-19-14-12-10-11-13-15-26-34-41(43)44-5)45-42(46-48(7-2,8-3)9-4)35-36-47(38-28-20-16-21-29-38,39-30-22-17-23-31-39)40-32-24-18-25-33-40;/h6,35,37-40H,1,7-34,36H2,2-5H3;1H/q+1;/p-1/b42-35-;. The highest BCUT2D eigenvalue weighted by atomic mass is 35.5. The van der Waals surface area contributed by atoms with Crippen LogP contribution in [0.25, 0.3) is 0 Å². The van der Waals surface area contributed by atoms with Crippen LogP contribution in [-0.2, 0) is 18.7 Å². The van der Waals surface area contributed by atoms with Gasteiger partial charge in [-0.25, -0.2) is 0 Å². The number of halogens is 1. The van der Waals surface area contributed by atoms with Gasteiger partial charge in [-0.1, -0.05) is 91.2 Å². The highest BCUT2D eigenvalue weighted by Crippen LogP contribution is 2.77. The molecule has 3 aliphatic carbocycles. The summed E-state index contributed by atoms with van der Waals surface area (Å²) in [5, 5.41) is 0. The van der Waals surface area contributed by atoms with Gasteiger partial charge in [-0.3, -0.25) is 4.79 Å². The van der Waals surface area contributed by atoms with E-state index in [1.165, 1.54) is 148 Å². The Morgan fingerprint density at radius 3 is 1.55 bits per heavy atom. The van der Waals surface area contributed by atoms with Crippen LogP contribution in [0.15, 0.2) is 24.7 Å². The Morgan fingerprint density at radius 1 is 0.714 bits per heavy atom. The summed E-state index contributed by atoms with van der Waals surface area (Å²) in [4.78, 5) is 11.3. The molecule has 0 aromatic heterocycles. The maximum Gasteiger partial charge on any atom is 0.305 e. The van der Waals surface area contributed by atoms with Gasteiger partial charge in [0, 0.05) is 19.8 Å². The van der Waals surface area contributed by atoms with Crippen molar-refractivity contribution in [3.05, 3.63) is 24.7 Å². The second-order valence-corrected chi connectivity index (χ2v) is 25.0. The lowest BCUT2D eigenvalue weighted by atomic mass is 9.99. The number of hydrogen-bond acceptors (Lipinski definition) is 4. The minimum Gasteiger partial charge on any atom is -1.00 e. The fourth-order valence-corrected chi connectivity index (χ4v) is 19.3. The van der Waals surface area contributed by atoms with E-state index in [1.54, 1.807) is 0 Å². The monoisotopic (exact) mass is 741 g/mol. The van der Waals surface area contributed by atoms with Crippen LogP contribution in [0.1, 0.15) is 181 Å². The predicted molar refractivity (Wildman–Crippen MR) is 212 cm³/mol. The average molecular weight is 742 g/mol. The highest BCUT2D eigenvalue weighted by Gasteiger charge is 2.56. The summed E-state index contributed by atoms with van der Waals surface area (Å²) in [6, 6.07) is 3.45. The molecule has 3 aliphatic rings. The van der Waals surface area contributed by atoms with Gasteiger partial charge in [0.2, 0.25) is 0 Å². The number of ether oxygens (including phenoxy) is 2. The Balaban J connectivity index is 0.00000833. The van der Waals surface area contributed by atoms with Gasteiger partial charge in [0.25, 0.3) is 14.3 Å². The van der Waals surface area contributed by atoms with Crippen LogP contribution in [-0.4, -0.2) is 50.6 Å². The van der Waals surface area contributed by atoms with E-state index in [2.05, 4.69) is 39.5 Å². The Morgan fingerprint density at radius 2 is 1.14 bits per heavy atom. The molecule has 0 heterocycles. The molecule has 49 heavy (non-hydrogen) atoms. The Hall–Kier alpha value is -0.513. The van der Waals surface area contributed by atoms with Gasteiger partial charge in [-0.2, -0.15) is 0 Å². The zero-order chi connectivity index (χ0) is 34.5. The third kappa shape index (κ3) is 14.4. The van der Waals surface area contributed by atoms with Gasteiger partial charge in [0.15, 0.2) is 0 Å². The molecule has 3 fully saturated rings. The van der Waals surface area contributed by atoms with E-state index in [-0.39, 0.29) is 24.5 Å². The molecule has 0 radical (unpaired) electrons. The van der Waals surface area contributed by atoms with Gasteiger partial charge in [0.1, 0.15) is 6.10 Å². The molecule has 0 saturated heterocycles. The smallest absolute Gasteiger partial charge is 0.305 e. The second-order valence-electron chi connectivity index (χ2n) is 15.8. The summed E-state index contributed by atoms with van der Waals surface area (Å²) < 4.78 is 18.9. The molecule has 0 aromatic rings.